The first kappa shape index (κ1) is 34.8. The number of thiazole rings is 1. The Morgan fingerprint density at radius 2 is 1.49 bits per heavy atom. The number of thioether (sulfide) groups is 1. The zero-order valence-electron chi connectivity index (χ0n) is 27.4. The smallest absolute Gasteiger partial charge is 0.272 e. The van der Waals surface area contributed by atoms with E-state index in [0.29, 0.717) is 39.2 Å². The van der Waals surface area contributed by atoms with Crippen LogP contribution in [-0.4, -0.2) is 56.4 Å². The summed E-state index contributed by atoms with van der Waals surface area (Å²) in [5, 5.41) is 8.54. The lowest BCUT2D eigenvalue weighted by Crippen LogP contribution is -2.30. The summed E-state index contributed by atoms with van der Waals surface area (Å²) in [5.74, 6) is 0.759. The van der Waals surface area contributed by atoms with E-state index in [1.165, 1.54) is 50.5 Å². The van der Waals surface area contributed by atoms with Crippen molar-refractivity contribution in [3.8, 4) is 23.0 Å². The summed E-state index contributed by atoms with van der Waals surface area (Å²) in [6.45, 7) is 1.81. The highest BCUT2D eigenvalue weighted by molar-refractivity contribution is 8.00. The van der Waals surface area contributed by atoms with Gasteiger partial charge in [-0.3, -0.25) is 14.4 Å². The first-order chi connectivity index (χ1) is 23.7. The van der Waals surface area contributed by atoms with E-state index in [0.717, 1.165) is 20.9 Å². The molecule has 11 nitrogen and oxygen atoms in total. The van der Waals surface area contributed by atoms with E-state index in [-0.39, 0.29) is 11.6 Å². The van der Waals surface area contributed by atoms with E-state index in [1.54, 1.807) is 80.8 Å². The Balaban J connectivity index is 1.30. The van der Waals surface area contributed by atoms with Gasteiger partial charge in [-0.25, -0.2) is 4.98 Å². The number of fused-ring (bicyclic) bond motifs is 1. The molecule has 0 saturated heterocycles. The molecule has 252 valence electrons. The zero-order valence-corrected chi connectivity index (χ0v) is 29.0. The third kappa shape index (κ3) is 8.69. The van der Waals surface area contributed by atoms with Crippen LogP contribution >= 0.6 is 23.1 Å². The van der Waals surface area contributed by atoms with Crippen molar-refractivity contribution in [2.24, 2.45) is 0 Å². The van der Waals surface area contributed by atoms with Gasteiger partial charge >= 0.3 is 0 Å². The van der Waals surface area contributed by atoms with Gasteiger partial charge in [-0.15, -0.1) is 11.8 Å². The summed E-state index contributed by atoms with van der Waals surface area (Å²) in [6, 6.07) is 24.4. The quantitative estimate of drug-likeness (QED) is 0.0890. The molecule has 0 aliphatic rings. The van der Waals surface area contributed by atoms with Gasteiger partial charge in [0, 0.05) is 27.8 Å². The third-order valence-corrected chi connectivity index (χ3v) is 9.23. The average Bonchev–Trinajstić information content (AvgIpc) is 3.53. The summed E-state index contributed by atoms with van der Waals surface area (Å²) in [5.41, 5.74) is 2.08. The largest absolute Gasteiger partial charge is 0.497 e. The summed E-state index contributed by atoms with van der Waals surface area (Å²) in [7, 11) is 6.10. The molecular weight excluding hydrogens is 665 g/mol. The number of carbonyl (C=O) groups is 3. The van der Waals surface area contributed by atoms with Crippen molar-refractivity contribution in [2.45, 2.75) is 17.1 Å². The van der Waals surface area contributed by atoms with Crippen LogP contribution in [-0.2, 0) is 9.59 Å². The molecule has 0 aliphatic heterocycles. The Hall–Kier alpha value is -5.53. The molecule has 3 N–H and O–H groups in total. The molecular formula is C36H34N4O7S2. The molecule has 0 radical (unpaired) electrons. The van der Waals surface area contributed by atoms with Gasteiger partial charge in [-0.1, -0.05) is 29.5 Å². The molecule has 0 aliphatic carbocycles. The molecule has 5 rings (SSSR count). The van der Waals surface area contributed by atoms with E-state index < -0.39 is 17.1 Å². The number of hydrogen-bond donors (Lipinski definition) is 3. The highest BCUT2D eigenvalue weighted by Gasteiger charge is 2.20. The van der Waals surface area contributed by atoms with Crippen LogP contribution in [0.1, 0.15) is 22.8 Å². The van der Waals surface area contributed by atoms with Crippen molar-refractivity contribution >= 4 is 67.9 Å². The SMILES string of the molecule is COc1ccc2nc(NC(=O)C(C)Sc3ccc(NC(=O)/C(=C/c4cc(OC)c(OC)cc4OC)NC(=O)c4ccccc4)cc3)sc2c1. The van der Waals surface area contributed by atoms with Crippen LogP contribution in [0.5, 0.6) is 23.0 Å². The number of benzene rings is 4. The van der Waals surface area contributed by atoms with Crippen molar-refractivity contribution in [3.05, 3.63) is 102 Å². The molecule has 49 heavy (non-hydrogen) atoms. The molecule has 0 spiro atoms. The highest BCUT2D eigenvalue weighted by Crippen LogP contribution is 2.36. The van der Waals surface area contributed by atoms with Crippen LogP contribution in [0, 0.1) is 0 Å². The molecule has 0 bridgehead atoms. The molecule has 1 aromatic heterocycles. The van der Waals surface area contributed by atoms with Crippen LogP contribution in [0.25, 0.3) is 16.3 Å². The van der Waals surface area contributed by atoms with Gasteiger partial charge in [0.05, 0.1) is 43.9 Å². The van der Waals surface area contributed by atoms with Crippen LogP contribution in [0.2, 0.25) is 0 Å². The number of aromatic nitrogens is 1. The maximum Gasteiger partial charge on any atom is 0.272 e. The summed E-state index contributed by atoms with van der Waals surface area (Å²) in [4.78, 5) is 45.0. The number of nitrogens with one attached hydrogen (secondary N) is 3. The molecule has 13 heteroatoms. The zero-order chi connectivity index (χ0) is 34.9. The fourth-order valence-corrected chi connectivity index (χ4v) is 6.39. The van der Waals surface area contributed by atoms with Crippen LogP contribution in [0.15, 0.2) is 95.5 Å². The van der Waals surface area contributed by atoms with E-state index in [9.17, 15) is 14.4 Å². The van der Waals surface area contributed by atoms with Crippen molar-refractivity contribution < 1.29 is 33.3 Å². The number of nitrogens with zero attached hydrogens (tertiary/aromatic N) is 1. The number of hydrogen-bond acceptors (Lipinski definition) is 10. The van der Waals surface area contributed by atoms with Crippen molar-refractivity contribution in [1.29, 1.82) is 0 Å². The Morgan fingerprint density at radius 3 is 2.16 bits per heavy atom. The number of carbonyl (C=O) groups excluding carboxylic acids is 3. The topological polar surface area (TPSA) is 137 Å². The number of methoxy groups -OCH3 is 4. The van der Waals surface area contributed by atoms with E-state index in [4.69, 9.17) is 18.9 Å². The molecule has 1 unspecified atom stereocenters. The fraction of sp³-hybridized carbons (Fsp3) is 0.167. The Bertz CT molecular complexity index is 2000. The fourth-order valence-electron chi connectivity index (χ4n) is 4.63. The number of ether oxygens (including phenoxy) is 4. The van der Waals surface area contributed by atoms with Crippen molar-refractivity contribution in [3.63, 3.8) is 0 Å². The van der Waals surface area contributed by atoms with Crippen LogP contribution < -0.4 is 34.9 Å². The summed E-state index contributed by atoms with van der Waals surface area (Å²) in [6.07, 6.45) is 1.50. The second kappa shape index (κ2) is 16.0. The molecule has 0 saturated carbocycles. The van der Waals surface area contributed by atoms with Crippen molar-refractivity contribution in [1.82, 2.24) is 10.3 Å². The van der Waals surface area contributed by atoms with Gasteiger partial charge in [0.2, 0.25) is 5.91 Å². The van der Waals surface area contributed by atoms with Crippen LogP contribution in [0.3, 0.4) is 0 Å². The molecule has 5 aromatic rings. The highest BCUT2D eigenvalue weighted by atomic mass is 32.2. The van der Waals surface area contributed by atoms with E-state index in [1.807, 2.05) is 18.2 Å². The summed E-state index contributed by atoms with van der Waals surface area (Å²) < 4.78 is 22.5. The first-order valence-electron chi connectivity index (χ1n) is 14.9. The third-order valence-electron chi connectivity index (χ3n) is 7.18. The Morgan fingerprint density at radius 1 is 0.796 bits per heavy atom. The van der Waals surface area contributed by atoms with Gasteiger partial charge in [0.1, 0.15) is 17.2 Å². The maximum absolute atomic E-state index is 13.6. The van der Waals surface area contributed by atoms with Gasteiger partial charge in [0.25, 0.3) is 11.8 Å². The average molecular weight is 699 g/mol. The Labute approximate surface area is 291 Å². The van der Waals surface area contributed by atoms with Gasteiger partial charge in [-0.2, -0.15) is 0 Å². The Kier molecular flexibility index (Phi) is 11.4. The van der Waals surface area contributed by atoms with Crippen LogP contribution in [0.4, 0.5) is 10.8 Å². The predicted molar refractivity (Wildman–Crippen MR) is 193 cm³/mol. The summed E-state index contributed by atoms with van der Waals surface area (Å²) >= 11 is 2.74. The van der Waals surface area contributed by atoms with Gasteiger partial charge in [0.15, 0.2) is 16.6 Å². The minimum atomic E-state index is -0.567. The lowest BCUT2D eigenvalue weighted by Gasteiger charge is -2.15. The maximum atomic E-state index is 13.6. The minimum Gasteiger partial charge on any atom is -0.497 e. The van der Waals surface area contributed by atoms with E-state index >= 15 is 0 Å². The molecule has 3 amide bonds. The standard InChI is InChI=1S/C36H34N4O7S2/c1-21(33(41)40-36-39-27-16-13-25(44-2)19-32(27)49-36)48-26-14-11-24(12-15-26)37-35(43)28(38-34(42)22-9-7-6-8-10-22)17-23-18-30(46-4)31(47-5)20-29(23)45-3/h6-21H,1-5H3,(H,37,43)(H,38,42)(H,39,40,41)/b28-17-. The number of amides is 3. The molecule has 1 heterocycles. The lowest BCUT2D eigenvalue weighted by molar-refractivity contribution is -0.115. The molecule has 0 fully saturated rings. The van der Waals surface area contributed by atoms with E-state index in [2.05, 4.69) is 20.9 Å². The van der Waals surface area contributed by atoms with Crippen molar-refractivity contribution in [2.75, 3.05) is 39.1 Å². The molecule has 1 atom stereocenters. The number of rotatable bonds is 13. The second-order valence-corrected chi connectivity index (χ2v) is 12.9. The lowest BCUT2D eigenvalue weighted by atomic mass is 10.1. The number of anilines is 2. The normalized spacial score (nSPS) is 11.7. The monoisotopic (exact) mass is 698 g/mol. The second-order valence-electron chi connectivity index (χ2n) is 10.4. The van der Waals surface area contributed by atoms with Gasteiger partial charge in [-0.05, 0) is 73.7 Å². The minimum absolute atomic E-state index is 0.0311. The predicted octanol–water partition coefficient (Wildman–Crippen LogP) is 6.86. The van der Waals surface area contributed by atoms with Gasteiger partial charge < -0.3 is 34.9 Å². The first-order valence-corrected chi connectivity index (χ1v) is 16.6. The molecule has 4 aromatic carbocycles.